The smallest absolute Gasteiger partial charge is 0.223 e. The Kier molecular flexibility index (Phi) is 4.81. The van der Waals surface area contributed by atoms with Gasteiger partial charge in [-0.05, 0) is 45.3 Å². The Morgan fingerprint density at radius 2 is 1.90 bits per heavy atom. The zero-order chi connectivity index (χ0) is 14.7. The van der Waals surface area contributed by atoms with Crippen molar-refractivity contribution < 1.29 is 4.79 Å². The van der Waals surface area contributed by atoms with Crippen LogP contribution in [0.15, 0.2) is 24.3 Å². The van der Waals surface area contributed by atoms with E-state index >= 15 is 0 Å². The molecular formula is C17H26N2O. The van der Waals surface area contributed by atoms with Gasteiger partial charge in [0.2, 0.25) is 5.91 Å². The summed E-state index contributed by atoms with van der Waals surface area (Å²) < 4.78 is 0. The number of amides is 1. The van der Waals surface area contributed by atoms with Gasteiger partial charge in [0.15, 0.2) is 0 Å². The summed E-state index contributed by atoms with van der Waals surface area (Å²) in [5.41, 5.74) is 2.51. The summed E-state index contributed by atoms with van der Waals surface area (Å²) in [7, 11) is 4.11. The molecule has 0 aromatic heterocycles. The Bertz CT molecular complexity index is 449. The molecule has 0 bridgehead atoms. The minimum atomic E-state index is 0.163. The third-order valence-corrected chi connectivity index (χ3v) is 4.30. The van der Waals surface area contributed by atoms with E-state index in [0.717, 1.165) is 0 Å². The zero-order valence-corrected chi connectivity index (χ0v) is 13.0. The minimum absolute atomic E-state index is 0.163. The monoisotopic (exact) mass is 274 g/mol. The highest BCUT2D eigenvalue weighted by molar-refractivity contribution is 5.78. The Hall–Kier alpha value is -1.35. The second-order valence-corrected chi connectivity index (χ2v) is 6.26. The van der Waals surface area contributed by atoms with Gasteiger partial charge in [0.1, 0.15) is 0 Å². The molecule has 1 aromatic rings. The molecule has 0 saturated heterocycles. The Balaban J connectivity index is 1.95. The number of likely N-dealkylation sites (N-methyl/N-ethyl adjacent to an activating group) is 1. The first-order chi connectivity index (χ1) is 9.49. The van der Waals surface area contributed by atoms with Gasteiger partial charge in [0.05, 0.1) is 6.04 Å². The van der Waals surface area contributed by atoms with Crippen molar-refractivity contribution in [3.63, 3.8) is 0 Å². The maximum absolute atomic E-state index is 12.1. The summed E-state index contributed by atoms with van der Waals surface area (Å²) in [5.74, 6) is 0.981. The second-order valence-electron chi connectivity index (χ2n) is 6.26. The quantitative estimate of drug-likeness (QED) is 0.865. The number of benzene rings is 1. The van der Waals surface area contributed by atoms with Crippen LogP contribution in [0.4, 0.5) is 0 Å². The summed E-state index contributed by atoms with van der Waals surface area (Å²) in [6, 6.07) is 8.78. The first kappa shape index (κ1) is 15.0. The maximum Gasteiger partial charge on any atom is 0.223 e. The standard InChI is InChI=1S/C17H26N2O/c1-12-5-7-15(8-6-12)16(19(3)4)11-18-17(20)13(2)14-9-10-14/h5-8,13-14,16H,9-11H2,1-4H3,(H,18,20). The van der Waals surface area contributed by atoms with Gasteiger partial charge in [0, 0.05) is 12.5 Å². The fourth-order valence-electron chi connectivity index (χ4n) is 2.56. The normalized spacial score (nSPS) is 17.9. The van der Waals surface area contributed by atoms with Crippen molar-refractivity contribution in [3.05, 3.63) is 35.4 Å². The number of hydrogen-bond acceptors (Lipinski definition) is 2. The zero-order valence-electron chi connectivity index (χ0n) is 13.0. The molecule has 1 aromatic carbocycles. The molecule has 1 N–H and O–H groups in total. The van der Waals surface area contributed by atoms with Crippen molar-refractivity contribution >= 4 is 5.91 Å². The predicted octanol–water partition coefficient (Wildman–Crippen LogP) is 2.76. The SMILES string of the molecule is Cc1ccc(C(CNC(=O)C(C)C2CC2)N(C)C)cc1. The Morgan fingerprint density at radius 3 is 2.40 bits per heavy atom. The van der Waals surface area contributed by atoms with E-state index in [-0.39, 0.29) is 17.9 Å². The number of rotatable bonds is 6. The van der Waals surface area contributed by atoms with Crippen molar-refractivity contribution in [2.45, 2.75) is 32.7 Å². The van der Waals surface area contributed by atoms with Crippen molar-refractivity contribution in [1.29, 1.82) is 0 Å². The van der Waals surface area contributed by atoms with Crippen LogP contribution >= 0.6 is 0 Å². The van der Waals surface area contributed by atoms with E-state index in [0.29, 0.717) is 12.5 Å². The van der Waals surface area contributed by atoms with E-state index in [1.54, 1.807) is 0 Å². The number of hydrogen-bond donors (Lipinski definition) is 1. The molecule has 2 rings (SSSR count). The first-order valence-corrected chi connectivity index (χ1v) is 7.49. The number of nitrogens with zero attached hydrogens (tertiary/aromatic N) is 1. The van der Waals surface area contributed by atoms with Gasteiger partial charge in [0.25, 0.3) is 0 Å². The van der Waals surface area contributed by atoms with Crippen LogP contribution in [0.1, 0.15) is 36.9 Å². The van der Waals surface area contributed by atoms with Crippen molar-refractivity contribution in [1.82, 2.24) is 10.2 Å². The molecule has 3 heteroatoms. The fraction of sp³-hybridized carbons (Fsp3) is 0.588. The van der Waals surface area contributed by atoms with E-state index in [9.17, 15) is 4.79 Å². The lowest BCUT2D eigenvalue weighted by Gasteiger charge is -2.26. The summed E-state index contributed by atoms with van der Waals surface area (Å²) in [5, 5.41) is 3.12. The molecule has 1 amide bonds. The third-order valence-electron chi connectivity index (χ3n) is 4.30. The average molecular weight is 274 g/mol. The largest absolute Gasteiger partial charge is 0.354 e. The van der Waals surface area contributed by atoms with E-state index in [2.05, 4.69) is 55.5 Å². The Morgan fingerprint density at radius 1 is 1.30 bits per heavy atom. The van der Waals surface area contributed by atoms with Gasteiger partial charge in [-0.1, -0.05) is 36.8 Å². The van der Waals surface area contributed by atoms with Crippen LogP contribution in [-0.2, 0) is 4.79 Å². The van der Waals surface area contributed by atoms with Crippen LogP contribution in [0.5, 0.6) is 0 Å². The molecule has 110 valence electrons. The molecule has 20 heavy (non-hydrogen) atoms. The minimum Gasteiger partial charge on any atom is -0.354 e. The van der Waals surface area contributed by atoms with Gasteiger partial charge in [-0.25, -0.2) is 0 Å². The molecule has 2 unspecified atom stereocenters. The summed E-state index contributed by atoms with van der Waals surface area (Å²) in [4.78, 5) is 14.3. The lowest BCUT2D eigenvalue weighted by atomic mass is 10.0. The van der Waals surface area contributed by atoms with Crippen LogP contribution in [0.2, 0.25) is 0 Å². The van der Waals surface area contributed by atoms with Gasteiger partial charge in [-0.3, -0.25) is 4.79 Å². The molecule has 1 aliphatic rings. The number of carbonyl (C=O) groups excluding carboxylic acids is 1. The van der Waals surface area contributed by atoms with Crippen LogP contribution in [0.3, 0.4) is 0 Å². The van der Waals surface area contributed by atoms with Crippen LogP contribution in [0.25, 0.3) is 0 Å². The first-order valence-electron chi connectivity index (χ1n) is 7.49. The van der Waals surface area contributed by atoms with E-state index in [4.69, 9.17) is 0 Å². The van der Waals surface area contributed by atoms with Gasteiger partial charge >= 0.3 is 0 Å². The van der Waals surface area contributed by atoms with E-state index in [1.165, 1.54) is 24.0 Å². The lowest BCUT2D eigenvalue weighted by Crippen LogP contribution is -2.37. The molecule has 0 aliphatic heterocycles. The fourth-order valence-corrected chi connectivity index (χ4v) is 2.56. The molecule has 3 nitrogen and oxygen atoms in total. The predicted molar refractivity (Wildman–Crippen MR) is 82.5 cm³/mol. The van der Waals surface area contributed by atoms with E-state index in [1.807, 2.05) is 6.92 Å². The summed E-state index contributed by atoms with van der Waals surface area (Å²) in [6.45, 7) is 4.81. The molecule has 1 saturated carbocycles. The second kappa shape index (κ2) is 6.40. The molecule has 0 radical (unpaired) electrons. The van der Waals surface area contributed by atoms with E-state index < -0.39 is 0 Å². The molecule has 1 aliphatic carbocycles. The number of aryl methyl sites for hydroxylation is 1. The molecule has 0 spiro atoms. The molecule has 1 fully saturated rings. The van der Waals surface area contributed by atoms with Gasteiger partial charge < -0.3 is 10.2 Å². The lowest BCUT2D eigenvalue weighted by molar-refractivity contribution is -0.125. The number of carbonyl (C=O) groups is 1. The third kappa shape index (κ3) is 3.83. The van der Waals surface area contributed by atoms with Crippen LogP contribution in [0, 0.1) is 18.8 Å². The van der Waals surface area contributed by atoms with Crippen molar-refractivity contribution in [3.8, 4) is 0 Å². The van der Waals surface area contributed by atoms with Crippen molar-refractivity contribution in [2.24, 2.45) is 11.8 Å². The Labute approximate surface area is 122 Å². The summed E-state index contributed by atoms with van der Waals surface area (Å²) in [6.07, 6.45) is 2.42. The topological polar surface area (TPSA) is 32.3 Å². The molecule has 0 heterocycles. The van der Waals surface area contributed by atoms with Crippen LogP contribution in [-0.4, -0.2) is 31.4 Å². The molecular weight excluding hydrogens is 248 g/mol. The van der Waals surface area contributed by atoms with Crippen molar-refractivity contribution in [2.75, 3.05) is 20.6 Å². The summed E-state index contributed by atoms with van der Waals surface area (Å²) >= 11 is 0. The highest BCUT2D eigenvalue weighted by Gasteiger charge is 2.32. The maximum atomic E-state index is 12.1. The highest BCUT2D eigenvalue weighted by Crippen LogP contribution is 2.36. The molecule has 2 atom stereocenters. The van der Waals surface area contributed by atoms with Gasteiger partial charge in [-0.2, -0.15) is 0 Å². The average Bonchev–Trinajstić information content (AvgIpc) is 3.24. The number of nitrogens with one attached hydrogen (secondary N) is 1. The highest BCUT2D eigenvalue weighted by atomic mass is 16.1. The van der Waals surface area contributed by atoms with Gasteiger partial charge in [-0.15, -0.1) is 0 Å². The van der Waals surface area contributed by atoms with Crippen LogP contribution < -0.4 is 5.32 Å².